The van der Waals surface area contributed by atoms with Crippen molar-refractivity contribution in [3.63, 3.8) is 0 Å². The standard InChI is InChI=1S/C17H20N4O4/c22-15(14-11-12-3-1-2-4-13(12)20-14)18-5-6-19-16(23)17(24)21-7-9-25-10-8-21/h1-4,11,20H,5-10H2,(H,18,22)(H,19,23). The van der Waals surface area contributed by atoms with E-state index in [1.54, 1.807) is 6.07 Å². The Labute approximate surface area is 144 Å². The summed E-state index contributed by atoms with van der Waals surface area (Å²) in [6.07, 6.45) is 0. The molecule has 0 aliphatic carbocycles. The van der Waals surface area contributed by atoms with Crippen LogP contribution in [0.2, 0.25) is 0 Å². The smallest absolute Gasteiger partial charge is 0.312 e. The number of rotatable bonds is 4. The van der Waals surface area contributed by atoms with Crippen LogP contribution >= 0.6 is 0 Å². The highest BCUT2D eigenvalue weighted by Crippen LogP contribution is 2.14. The molecule has 0 bridgehead atoms. The number of nitrogens with one attached hydrogen (secondary N) is 3. The highest BCUT2D eigenvalue weighted by molar-refractivity contribution is 6.35. The molecule has 0 atom stereocenters. The van der Waals surface area contributed by atoms with Gasteiger partial charge in [-0.3, -0.25) is 14.4 Å². The normalized spacial score (nSPS) is 14.3. The average molecular weight is 344 g/mol. The van der Waals surface area contributed by atoms with E-state index >= 15 is 0 Å². The van der Waals surface area contributed by atoms with E-state index in [4.69, 9.17) is 4.74 Å². The molecule has 8 nitrogen and oxygen atoms in total. The van der Waals surface area contributed by atoms with E-state index in [1.165, 1.54) is 4.90 Å². The number of aromatic amines is 1. The number of benzene rings is 1. The summed E-state index contributed by atoms with van der Waals surface area (Å²) < 4.78 is 5.14. The van der Waals surface area contributed by atoms with Crippen molar-refractivity contribution >= 4 is 28.6 Å². The van der Waals surface area contributed by atoms with E-state index in [-0.39, 0.29) is 19.0 Å². The predicted molar refractivity (Wildman–Crippen MR) is 91.0 cm³/mol. The fourth-order valence-corrected chi connectivity index (χ4v) is 2.63. The largest absolute Gasteiger partial charge is 0.378 e. The first-order valence-corrected chi connectivity index (χ1v) is 8.16. The van der Waals surface area contributed by atoms with Gasteiger partial charge in [0.05, 0.1) is 13.2 Å². The van der Waals surface area contributed by atoms with Crippen LogP contribution in [0.4, 0.5) is 0 Å². The van der Waals surface area contributed by atoms with Gasteiger partial charge >= 0.3 is 11.8 Å². The predicted octanol–water partition coefficient (Wildman–Crippen LogP) is -0.127. The fourth-order valence-electron chi connectivity index (χ4n) is 2.63. The minimum atomic E-state index is -0.665. The van der Waals surface area contributed by atoms with E-state index in [9.17, 15) is 14.4 Å². The Morgan fingerprint density at radius 2 is 1.80 bits per heavy atom. The Morgan fingerprint density at radius 1 is 1.08 bits per heavy atom. The molecule has 132 valence electrons. The number of hydrogen-bond acceptors (Lipinski definition) is 4. The molecule has 1 fully saturated rings. The Balaban J connectivity index is 1.42. The second-order valence-electron chi connectivity index (χ2n) is 5.69. The van der Waals surface area contributed by atoms with E-state index < -0.39 is 11.8 Å². The van der Waals surface area contributed by atoms with Crippen LogP contribution in [0, 0.1) is 0 Å². The zero-order chi connectivity index (χ0) is 17.6. The summed E-state index contributed by atoms with van der Waals surface area (Å²) in [7, 11) is 0. The lowest BCUT2D eigenvalue weighted by atomic mass is 10.2. The van der Waals surface area contributed by atoms with Crippen LogP contribution in [-0.4, -0.2) is 67.0 Å². The summed E-state index contributed by atoms with van der Waals surface area (Å²) in [4.78, 5) is 40.3. The van der Waals surface area contributed by atoms with Gasteiger partial charge in [0.15, 0.2) is 0 Å². The van der Waals surface area contributed by atoms with Gasteiger partial charge in [0, 0.05) is 37.1 Å². The fraction of sp³-hybridized carbons (Fsp3) is 0.353. The first kappa shape index (κ1) is 17.0. The van der Waals surface area contributed by atoms with Gasteiger partial charge < -0.3 is 25.3 Å². The molecule has 25 heavy (non-hydrogen) atoms. The lowest BCUT2D eigenvalue weighted by molar-refractivity contribution is -0.148. The number of amides is 3. The van der Waals surface area contributed by atoms with E-state index in [0.717, 1.165) is 10.9 Å². The highest BCUT2D eigenvalue weighted by Gasteiger charge is 2.23. The van der Waals surface area contributed by atoms with Crippen molar-refractivity contribution in [2.75, 3.05) is 39.4 Å². The molecule has 2 aromatic rings. The molecule has 0 saturated carbocycles. The zero-order valence-corrected chi connectivity index (χ0v) is 13.7. The Kier molecular flexibility index (Phi) is 5.30. The topological polar surface area (TPSA) is 104 Å². The Morgan fingerprint density at radius 3 is 2.56 bits per heavy atom. The van der Waals surface area contributed by atoms with Gasteiger partial charge in [-0.2, -0.15) is 0 Å². The van der Waals surface area contributed by atoms with Crippen molar-refractivity contribution in [2.24, 2.45) is 0 Å². The maximum Gasteiger partial charge on any atom is 0.312 e. The highest BCUT2D eigenvalue weighted by atomic mass is 16.5. The number of fused-ring (bicyclic) bond motifs is 1. The van der Waals surface area contributed by atoms with Gasteiger partial charge in [0.2, 0.25) is 0 Å². The maximum atomic E-state index is 12.1. The van der Waals surface area contributed by atoms with Gasteiger partial charge in [-0.05, 0) is 12.1 Å². The molecule has 1 aromatic carbocycles. The summed E-state index contributed by atoms with van der Waals surface area (Å²) in [6, 6.07) is 9.37. The van der Waals surface area contributed by atoms with Crippen LogP contribution in [0.15, 0.2) is 30.3 Å². The van der Waals surface area contributed by atoms with Crippen molar-refractivity contribution in [3.8, 4) is 0 Å². The number of para-hydroxylation sites is 1. The van der Waals surface area contributed by atoms with Crippen LogP contribution in [-0.2, 0) is 14.3 Å². The molecular weight excluding hydrogens is 324 g/mol. The van der Waals surface area contributed by atoms with E-state index in [2.05, 4.69) is 15.6 Å². The Hall–Kier alpha value is -2.87. The first-order chi connectivity index (χ1) is 12.1. The molecule has 1 saturated heterocycles. The number of ether oxygens (including phenoxy) is 1. The average Bonchev–Trinajstić information content (AvgIpc) is 3.09. The van der Waals surface area contributed by atoms with Crippen molar-refractivity contribution in [3.05, 3.63) is 36.0 Å². The summed E-state index contributed by atoms with van der Waals surface area (Å²) in [6.45, 7) is 2.14. The SMILES string of the molecule is O=C(NCCNC(=O)c1cc2ccccc2[nH]1)C(=O)N1CCOCC1. The van der Waals surface area contributed by atoms with Crippen LogP contribution in [0.1, 0.15) is 10.5 Å². The van der Waals surface area contributed by atoms with Crippen molar-refractivity contribution in [1.29, 1.82) is 0 Å². The lowest BCUT2D eigenvalue weighted by Gasteiger charge is -2.26. The van der Waals surface area contributed by atoms with Crippen LogP contribution in [0.25, 0.3) is 10.9 Å². The zero-order valence-electron chi connectivity index (χ0n) is 13.7. The summed E-state index contributed by atoms with van der Waals surface area (Å²) >= 11 is 0. The number of H-pyrrole nitrogens is 1. The lowest BCUT2D eigenvalue weighted by Crippen LogP contribution is -2.48. The van der Waals surface area contributed by atoms with Gasteiger partial charge in [-0.15, -0.1) is 0 Å². The summed E-state index contributed by atoms with van der Waals surface area (Å²) in [5, 5.41) is 6.18. The molecule has 1 aliphatic rings. The first-order valence-electron chi connectivity index (χ1n) is 8.16. The number of morpholine rings is 1. The molecule has 0 unspecified atom stereocenters. The van der Waals surface area contributed by atoms with E-state index in [0.29, 0.717) is 32.0 Å². The number of carbonyl (C=O) groups is 3. The summed E-state index contributed by atoms with van der Waals surface area (Å²) in [5.41, 5.74) is 1.34. The van der Waals surface area contributed by atoms with E-state index in [1.807, 2.05) is 24.3 Å². The summed E-state index contributed by atoms with van der Waals surface area (Å²) in [5.74, 6) is -1.49. The maximum absolute atomic E-state index is 12.1. The second kappa shape index (κ2) is 7.80. The molecule has 1 aliphatic heterocycles. The van der Waals surface area contributed by atoms with Gasteiger partial charge in [-0.25, -0.2) is 0 Å². The van der Waals surface area contributed by atoms with Crippen LogP contribution in [0.5, 0.6) is 0 Å². The second-order valence-corrected chi connectivity index (χ2v) is 5.69. The van der Waals surface area contributed by atoms with Crippen molar-refractivity contribution in [2.45, 2.75) is 0 Å². The monoisotopic (exact) mass is 344 g/mol. The molecule has 0 radical (unpaired) electrons. The third-order valence-corrected chi connectivity index (χ3v) is 3.96. The van der Waals surface area contributed by atoms with Crippen LogP contribution < -0.4 is 10.6 Å². The van der Waals surface area contributed by atoms with Crippen LogP contribution in [0.3, 0.4) is 0 Å². The molecular formula is C17H20N4O4. The third-order valence-electron chi connectivity index (χ3n) is 3.96. The molecule has 3 amide bonds. The number of hydrogen-bond donors (Lipinski definition) is 3. The quantitative estimate of drug-likeness (QED) is 0.531. The van der Waals surface area contributed by atoms with Gasteiger partial charge in [-0.1, -0.05) is 18.2 Å². The minimum Gasteiger partial charge on any atom is -0.378 e. The molecule has 3 N–H and O–H groups in total. The molecule has 1 aromatic heterocycles. The number of aromatic nitrogens is 1. The van der Waals surface area contributed by atoms with Gasteiger partial charge in [0.1, 0.15) is 5.69 Å². The Bertz CT molecular complexity index is 747. The number of nitrogens with zero attached hydrogens (tertiary/aromatic N) is 1. The molecule has 2 heterocycles. The molecule has 0 spiro atoms. The van der Waals surface area contributed by atoms with Crippen molar-refractivity contribution < 1.29 is 19.1 Å². The molecule has 8 heteroatoms. The minimum absolute atomic E-state index is 0.181. The number of carbonyl (C=O) groups excluding carboxylic acids is 3. The van der Waals surface area contributed by atoms with Gasteiger partial charge in [0.25, 0.3) is 5.91 Å². The molecule has 3 rings (SSSR count). The van der Waals surface area contributed by atoms with Crippen molar-refractivity contribution in [1.82, 2.24) is 20.5 Å². The third kappa shape index (κ3) is 4.16.